The van der Waals surface area contributed by atoms with E-state index in [0.717, 1.165) is 12.1 Å². The minimum atomic E-state index is -0.832. The Kier molecular flexibility index (Phi) is 6.37. The van der Waals surface area contributed by atoms with Gasteiger partial charge in [-0.15, -0.1) is 0 Å². The zero-order chi connectivity index (χ0) is 15.8. The summed E-state index contributed by atoms with van der Waals surface area (Å²) in [5.41, 5.74) is 0.256. The van der Waals surface area contributed by atoms with Crippen molar-refractivity contribution >= 4 is 11.9 Å². The van der Waals surface area contributed by atoms with E-state index in [9.17, 15) is 14.0 Å². The number of hydrogen-bond acceptors (Lipinski definition) is 4. The molecule has 0 aliphatic rings. The molecule has 2 N–H and O–H groups in total. The highest BCUT2D eigenvalue weighted by atomic mass is 19.1. The van der Waals surface area contributed by atoms with Gasteiger partial charge in [0.15, 0.2) is 0 Å². The average molecular weight is 293 g/mol. The second-order valence-electron chi connectivity index (χ2n) is 4.10. The molecule has 112 valence electrons. The van der Waals surface area contributed by atoms with Gasteiger partial charge in [-0.25, -0.2) is 9.18 Å². The van der Waals surface area contributed by atoms with Gasteiger partial charge < -0.3 is 15.2 Å². The lowest BCUT2D eigenvalue weighted by Gasteiger charge is -2.13. The Bertz CT molecular complexity index is 589. The van der Waals surface area contributed by atoms with E-state index in [1.165, 1.54) is 13.0 Å². The fourth-order valence-corrected chi connectivity index (χ4v) is 1.55. The zero-order valence-corrected chi connectivity index (χ0v) is 11.8. The van der Waals surface area contributed by atoms with E-state index in [4.69, 9.17) is 9.84 Å². The highest BCUT2D eigenvalue weighted by Gasteiger charge is 2.19. The molecule has 1 atom stereocenters. The highest BCUT2D eigenvalue weighted by molar-refractivity contribution is 5.98. The molecule has 1 unspecified atom stereocenters. The molecule has 0 saturated carbocycles. The van der Waals surface area contributed by atoms with Gasteiger partial charge in [0, 0.05) is 5.56 Å². The molecule has 0 aromatic heterocycles. The third kappa shape index (κ3) is 4.89. The number of benzene rings is 1. The molecule has 0 spiro atoms. The van der Waals surface area contributed by atoms with E-state index >= 15 is 0 Å². The first kappa shape index (κ1) is 16.7. The summed E-state index contributed by atoms with van der Waals surface area (Å²) in [6.45, 7) is 2.95. The fraction of sp³-hybridized carbons (Fsp3) is 0.333. The van der Waals surface area contributed by atoms with Crippen LogP contribution in [0.3, 0.4) is 0 Å². The maximum absolute atomic E-state index is 13.2. The van der Waals surface area contributed by atoms with Crippen LogP contribution in [0.15, 0.2) is 18.2 Å². The predicted molar refractivity (Wildman–Crippen MR) is 73.9 cm³/mol. The summed E-state index contributed by atoms with van der Waals surface area (Å²) in [6, 6.07) is 2.64. The van der Waals surface area contributed by atoms with Gasteiger partial charge >= 0.3 is 5.97 Å². The van der Waals surface area contributed by atoms with Crippen molar-refractivity contribution < 1.29 is 23.8 Å². The number of aliphatic hydroxyl groups is 1. The Morgan fingerprint density at radius 1 is 1.48 bits per heavy atom. The molecule has 6 heteroatoms. The molecule has 0 saturated heterocycles. The largest absolute Gasteiger partial charge is 0.464 e. The summed E-state index contributed by atoms with van der Waals surface area (Å²) in [7, 11) is 0. The predicted octanol–water partition coefficient (Wildman–Crippen LogP) is 0.851. The van der Waals surface area contributed by atoms with Crippen molar-refractivity contribution in [1.82, 2.24) is 5.32 Å². The lowest BCUT2D eigenvalue weighted by atomic mass is 10.1. The smallest absolute Gasteiger partial charge is 0.328 e. The number of carbonyl (C=O) groups is 2. The molecular weight excluding hydrogens is 277 g/mol. The Morgan fingerprint density at radius 2 is 2.19 bits per heavy atom. The number of ether oxygens (including phenoxy) is 1. The van der Waals surface area contributed by atoms with Gasteiger partial charge in [0.2, 0.25) is 0 Å². The first-order valence-corrected chi connectivity index (χ1v) is 6.36. The first-order chi connectivity index (χ1) is 9.99. The topological polar surface area (TPSA) is 75.6 Å². The Balaban J connectivity index is 2.94. The summed E-state index contributed by atoms with van der Waals surface area (Å²) in [4.78, 5) is 23.6. The molecule has 1 aromatic carbocycles. The van der Waals surface area contributed by atoms with Crippen LogP contribution < -0.4 is 5.32 Å². The van der Waals surface area contributed by atoms with E-state index in [1.807, 2.05) is 0 Å². The van der Waals surface area contributed by atoms with Crippen LogP contribution in [0.5, 0.6) is 0 Å². The van der Waals surface area contributed by atoms with Gasteiger partial charge in [-0.2, -0.15) is 0 Å². The van der Waals surface area contributed by atoms with E-state index in [-0.39, 0.29) is 17.7 Å². The zero-order valence-electron chi connectivity index (χ0n) is 11.8. The molecule has 5 nitrogen and oxygen atoms in total. The van der Waals surface area contributed by atoms with Crippen molar-refractivity contribution in [3.05, 3.63) is 35.1 Å². The Morgan fingerprint density at radius 3 is 2.81 bits per heavy atom. The van der Waals surface area contributed by atoms with Crippen LogP contribution in [-0.2, 0) is 9.53 Å². The van der Waals surface area contributed by atoms with Crippen molar-refractivity contribution in [1.29, 1.82) is 0 Å². The number of esters is 1. The molecule has 0 aliphatic heterocycles. The second kappa shape index (κ2) is 8.02. The minimum Gasteiger partial charge on any atom is -0.464 e. The summed E-state index contributed by atoms with van der Waals surface area (Å²) < 4.78 is 18.0. The van der Waals surface area contributed by atoms with Crippen molar-refractivity contribution in [3.8, 4) is 11.8 Å². The molecule has 0 fully saturated rings. The molecule has 1 rings (SSSR count). The van der Waals surface area contributed by atoms with Crippen LogP contribution in [0.25, 0.3) is 0 Å². The van der Waals surface area contributed by atoms with Crippen molar-refractivity contribution in [2.75, 3.05) is 13.2 Å². The van der Waals surface area contributed by atoms with E-state index in [0.29, 0.717) is 0 Å². The third-order valence-electron chi connectivity index (χ3n) is 2.52. The third-order valence-corrected chi connectivity index (χ3v) is 2.52. The van der Waals surface area contributed by atoms with E-state index in [2.05, 4.69) is 17.2 Å². The Hall–Kier alpha value is -2.39. The van der Waals surface area contributed by atoms with Gasteiger partial charge in [0.05, 0.1) is 12.2 Å². The van der Waals surface area contributed by atoms with Crippen LogP contribution in [0.1, 0.15) is 29.8 Å². The van der Waals surface area contributed by atoms with Crippen molar-refractivity contribution in [2.45, 2.75) is 19.9 Å². The van der Waals surface area contributed by atoms with Gasteiger partial charge in [-0.1, -0.05) is 11.8 Å². The fourth-order valence-electron chi connectivity index (χ4n) is 1.55. The molecule has 21 heavy (non-hydrogen) atoms. The van der Waals surface area contributed by atoms with Crippen molar-refractivity contribution in [3.63, 3.8) is 0 Å². The van der Waals surface area contributed by atoms with Gasteiger partial charge in [0.1, 0.15) is 18.5 Å². The van der Waals surface area contributed by atoms with E-state index < -0.39 is 30.3 Å². The summed E-state index contributed by atoms with van der Waals surface area (Å²) in [6.07, 6.45) is 0. The first-order valence-electron chi connectivity index (χ1n) is 6.36. The van der Waals surface area contributed by atoms with Crippen LogP contribution in [0.4, 0.5) is 4.39 Å². The quantitative estimate of drug-likeness (QED) is 0.637. The summed E-state index contributed by atoms with van der Waals surface area (Å²) in [5, 5.41) is 11.1. The number of hydrogen-bond donors (Lipinski definition) is 2. The molecule has 1 amide bonds. The number of aliphatic hydroxyl groups excluding tert-OH is 1. The number of nitrogens with one attached hydrogen (secondary N) is 1. The number of carbonyl (C=O) groups excluding carboxylic acids is 2. The molecule has 0 heterocycles. The van der Waals surface area contributed by atoms with Gasteiger partial charge in [0.25, 0.3) is 5.91 Å². The lowest BCUT2D eigenvalue weighted by molar-refractivity contribution is -0.144. The number of amides is 1. The number of rotatable bonds is 4. The molecule has 1 aromatic rings. The summed E-state index contributed by atoms with van der Waals surface area (Å²) in [5.74, 6) is 3.17. The van der Waals surface area contributed by atoms with E-state index in [1.54, 1.807) is 6.92 Å². The monoisotopic (exact) mass is 293 g/mol. The second-order valence-corrected chi connectivity index (χ2v) is 4.10. The standard InChI is InChI=1S/C15H16FNO4/c1-3-21-15(20)10(2)17-14(19)13-7-6-12(16)9-11(13)5-4-8-18/h6-7,9-10,18H,3,8H2,1-2H3,(H,17,19). The van der Waals surface area contributed by atoms with Crippen LogP contribution in [0, 0.1) is 17.7 Å². The maximum atomic E-state index is 13.2. The maximum Gasteiger partial charge on any atom is 0.328 e. The summed E-state index contributed by atoms with van der Waals surface area (Å²) >= 11 is 0. The van der Waals surface area contributed by atoms with Crippen LogP contribution in [0.2, 0.25) is 0 Å². The van der Waals surface area contributed by atoms with Gasteiger partial charge in [-0.3, -0.25) is 4.79 Å². The normalized spacial score (nSPS) is 11.0. The van der Waals surface area contributed by atoms with Crippen LogP contribution >= 0.6 is 0 Å². The molecular formula is C15H16FNO4. The molecule has 0 bridgehead atoms. The highest BCUT2D eigenvalue weighted by Crippen LogP contribution is 2.11. The molecule has 0 radical (unpaired) electrons. The minimum absolute atomic E-state index is 0.119. The SMILES string of the molecule is CCOC(=O)C(C)NC(=O)c1ccc(F)cc1C#CCO. The average Bonchev–Trinajstić information content (AvgIpc) is 2.45. The molecule has 0 aliphatic carbocycles. The number of halogens is 1. The lowest BCUT2D eigenvalue weighted by Crippen LogP contribution is -2.39. The van der Waals surface area contributed by atoms with Gasteiger partial charge in [-0.05, 0) is 32.0 Å². The van der Waals surface area contributed by atoms with Crippen LogP contribution in [-0.4, -0.2) is 36.2 Å². The Labute approximate surface area is 122 Å². The van der Waals surface area contributed by atoms with Crippen molar-refractivity contribution in [2.24, 2.45) is 0 Å².